The molecule has 6 aliphatic rings. The molecule has 0 amide bonds. The van der Waals surface area contributed by atoms with Crippen molar-refractivity contribution in [3.8, 4) is 11.4 Å². The highest BCUT2D eigenvalue weighted by molar-refractivity contribution is 5.73. The second-order valence-corrected chi connectivity index (χ2v) is 18.9. The van der Waals surface area contributed by atoms with E-state index in [2.05, 4.69) is 69.5 Å². The molecule has 2 aromatic rings. The molecule has 5 fully saturated rings. The molecule has 4 aliphatic carbocycles. The molecular weight excluding hydrogens is 638 g/mol. The van der Waals surface area contributed by atoms with E-state index in [1.54, 1.807) is 11.9 Å². The van der Waals surface area contributed by atoms with E-state index in [1.807, 2.05) is 24.5 Å². The number of fused-ring (bicyclic) bond motifs is 3. The van der Waals surface area contributed by atoms with Gasteiger partial charge in [0.15, 0.2) is 5.82 Å². The Morgan fingerprint density at radius 1 is 1.08 bits per heavy atom. The predicted octanol–water partition coefficient (Wildman–Crippen LogP) is 7.61. The zero-order valence-electron chi connectivity index (χ0n) is 32.0. The topological polar surface area (TPSA) is 111 Å². The lowest BCUT2D eigenvalue weighted by atomic mass is 9.34. The number of aromatic nitrogens is 4. The largest absolute Gasteiger partial charge is 0.481 e. The first kappa shape index (κ1) is 35.4. The second kappa shape index (κ2) is 12.5. The average Bonchev–Trinajstić information content (AvgIpc) is 3.81. The van der Waals surface area contributed by atoms with Crippen LogP contribution < -0.4 is 5.32 Å². The number of carboxylic acid groups (broad SMARTS) is 1. The first-order valence-electron chi connectivity index (χ1n) is 20.0. The van der Waals surface area contributed by atoms with Gasteiger partial charge in [0.1, 0.15) is 6.33 Å². The molecule has 0 radical (unpaired) electrons. The molecule has 12 atom stereocenters. The lowest BCUT2D eigenvalue weighted by Crippen LogP contribution is -2.69. The first-order valence-corrected chi connectivity index (χ1v) is 20.0. The van der Waals surface area contributed by atoms with Gasteiger partial charge in [-0.2, -0.15) is 5.10 Å². The van der Waals surface area contributed by atoms with Gasteiger partial charge in [0.25, 0.3) is 0 Å². The summed E-state index contributed by atoms with van der Waals surface area (Å²) in [5.74, 6) is 1.31. The van der Waals surface area contributed by atoms with Crippen LogP contribution in [0.25, 0.3) is 11.4 Å². The predicted molar refractivity (Wildman–Crippen MR) is 197 cm³/mol. The molecule has 2 saturated heterocycles. The van der Waals surface area contributed by atoms with Crippen molar-refractivity contribution >= 4 is 5.97 Å². The van der Waals surface area contributed by atoms with E-state index in [1.165, 1.54) is 6.42 Å². The number of pyridine rings is 1. The highest BCUT2D eigenvalue weighted by Gasteiger charge is 2.72. The number of carbonyl (C=O) groups is 1. The maximum absolute atomic E-state index is 13.5. The van der Waals surface area contributed by atoms with Crippen molar-refractivity contribution in [2.75, 3.05) is 26.4 Å². The van der Waals surface area contributed by atoms with Crippen molar-refractivity contribution in [2.45, 2.75) is 118 Å². The summed E-state index contributed by atoms with van der Waals surface area (Å²) in [4.78, 5) is 22.6. The Morgan fingerprint density at radius 3 is 2.57 bits per heavy atom. The first-order chi connectivity index (χ1) is 24.3. The summed E-state index contributed by atoms with van der Waals surface area (Å²) in [5.41, 5.74) is 1.41. The number of carboxylic acids is 1. The van der Waals surface area contributed by atoms with Gasteiger partial charge in [-0.05, 0) is 110 Å². The Morgan fingerprint density at radius 2 is 1.86 bits per heavy atom. The number of hydrogen-bond donors (Lipinski definition) is 2. The summed E-state index contributed by atoms with van der Waals surface area (Å²) < 4.78 is 16.1. The number of allylic oxidation sites excluding steroid dienone is 1. The van der Waals surface area contributed by atoms with Gasteiger partial charge in [-0.25, -0.2) is 9.67 Å². The zero-order chi connectivity index (χ0) is 36.0. The highest BCUT2D eigenvalue weighted by Crippen LogP contribution is 2.75. The van der Waals surface area contributed by atoms with Crippen LogP contribution in [0.2, 0.25) is 0 Å². The standard InChI is InChI=1S/C42H61N5O4/c1-26(2)27(3)38(4)16-17-40(6)30-10-11-33-39(5)23-50-24-42(33,31(30)12-15-41(40,7)34(38)37(48)49)21-32(35(39)51-22-29-9-8-18-44-29)47-36(45-25-46-47)28-13-19-43-20-14-28/h12-14,19-20,25-27,29-30,32-35,44H,8-11,15-18,21-24H2,1-7H3,(H,48,49)/t27-,29-,30+,32-,33+,34-,35+,38-,39-,40-,41+,42+/m1/s1. The molecule has 0 aromatic carbocycles. The maximum Gasteiger partial charge on any atom is 0.307 e. The Bertz CT molecular complexity index is 1650. The third kappa shape index (κ3) is 5.02. The molecular formula is C42H61N5O4. The smallest absolute Gasteiger partial charge is 0.307 e. The Balaban J connectivity index is 1.23. The minimum Gasteiger partial charge on any atom is -0.481 e. The molecule has 2 N–H and O–H groups in total. The van der Waals surface area contributed by atoms with E-state index in [0.717, 1.165) is 62.9 Å². The van der Waals surface area contributed by atoms with Crippen molar-refractivity contribution in [3.05, 3.63) is 42.5 Å². The summed E-state index contributed by atoms with van der Waals surface area (Å²) in [6.07, 6.45) is 16.0. The number of ether oxygens (including phenoxy) is 2. The molecule has 9 nitrogen and oxygen atoms in total. The number of aliphatic carboxylic acids is 1. The molecule has 2 aliphatic heterocycles. The summed E-state index contributed by atoms with van der Waals surface area (Å²) in [7, 11) is 0. The fraction of sp³-hybridized carbons (Fsp3) is 0.762. The van der Waals surface area contributed by atoms with Crippen molar-refractivity contribution in [2.24, 2.45) is 56.7 Å². The molecule has 3 saturated carbocycles. The second-order valence-electron chi connectivity index (χ2n) is 18.9. The van der Waals surface area contributed by atoms with Crippen LogP contribution in [0.4, 0.5) is 0 Å². The lowest BCUT2D eigenvalue weighted by Gasteiger charge is -2.71. The molecule has 51 heavy (non-hydrogen) atoms. The van der Waals surface area contributed by atoms with Gasteiger partial charge in [0.05, 0.1) is 37.9 Å². The molecule has 0 unspecified atom stereocenters. The molecule has 0 spiro atoms. The third-order valence-electron chi connectivity index (χ3n) is 16.6. The fourth-order valence-corrected chi connectivity index (χ4v) is 13.4. The van der Waals surface area contributed by atoms with Gasteiger partial charge >= 0.3 is 5.97 Å². The average molecular weight is 700 g/mol. The third-order valence-corrected chi connectivity index (χ3v) is 16.6. The lowest BCUT2D eigenvalue weighted by molar-refractivity contribution is -0.250. The minimum absolute atomic E-state index is 0.0312. The van der Waals surface area contributed by atoms with Gasteiger partial charge < -0.3 is 19.9 Å². The Kier molecular flexibility index (Phi) is 8.66. The Hall–Kier alpha value is -2.62. The van der Waals surface area contributed by atoms with Gasteiger partial charge in [0.2, 0.25) is 0 Å². The van der Waals surface area contributed by atoms with Gasteiger partial charge in [-0.15, -0.1) is 0 Å². The quantitative estimate of drug-likeness (QED) is 0.271. The maximum atomic E-state index is 13.5. The van der Waals surface area contributed by atoms with Gasteiger partial charge in [0, 0.05) is 34.8 Å². The van der Waals surface area contributed by atoms with Crippen LogP contribution in [0.1, 0.15) is 106 Å². The van der Waals surface area contributed by atoms with E-state index in [0.29, 0.717) is 49.5 Å². The summed E-state index contributed by atoms with van der Waals surface area (Å²) in [5, 5.41) is 19.8. The van der Waals surface area contributed by atoms with Crippen LogP contribution in [0.3, 0.4) is 0 Å². The monoisotopic (exact) mass is 699 g/mol. The van der Waals surface area contributed by atoms with Crippen LogP contribution in [-0.4, -0.2) is 69.3 Å². The number of hydrogen-bond acceptors (Lipinski definition) is 7. The molecule has 278 valence electrons. The Labute approximate surface area is 304 Å². The molecule has 9 heteroatoms. The van der Waals surface area contributed by atoms with Crippen molar-refractivity contribution < 1.29 is 19.4 Å². The summed E-state index contributed by atoms with van der Waals surface area (Å²) >= 11 is 0. The zero-order valence-corrected chi connectivity index (χ0v) is 32.0. The summed E-state index contributed by atoms with van der Waals surface area (Å²) in [6.45, 7) is 19.5. The highest BCUT2D eigenvalue weighted by atomic mass is 16.5. The van der Waals surface area contributed by atoms with Crippen LogP contribution in [0.15, 0.2) is 42.5 Å². The van der Waals surface area contributed by atoms with Gasteiger partial charge in [-0.1, -0.05) is 60.1 Å². The van der Waals surface area contributed by atoms with Crippen molar-refractivity contribution in [3.63, 3.8) is 0 Å². The number of rotatable bonds is 8. The van der Waals surface area contributed by atoms with Crippen molar-refractivity contribution in [1.29, 1.82) is 0 Å². The molecule has 4 heterocycles. The molecule has 8 rings (SSSR count). The molecule has 2 bridgehead atoms. The van der Waals surface area contributed by atoms with Crippen LogP contribution in [0, 0.1) is 56.7 Å². The minimum atomic E-state index is -0.611. The number of nitrogens with one attached hydrogen (secondary N) is 1. The number of nitrogens with zero attached hydrogens (tertiary/aromatic N) is 4. The van der Waals surface area contributed by atoms with Crippen LogP contribution in [-0.2, 0) is 14.3 Å². The van der Waals surface area contributed by atoms with Crippen LogP contribution in [0.5, 0.6) is 0 Å². The molecule has 2 aromatic heterocycles. The van der Waals surface area contributed by atoms with E-state index in [-0.39, 0.29) is 39.2 Å². The fourth-order valence-electron chi connectivity index (χ4n) is 13.4. The van der Waals surface area contributed by atoms with E-state index < -0.39 is 11.9 Å². The normalized spacial score (nSPS) is 43.9. The summed E-state index contributed by atoms with van der Waals surface area (Å²) in [6, 6.07) is 4.38. The van der Waals surface area contributed by atoms with Gasteiger partial charge in [-0.3, -0.25) is 9.78 Å². The van der Waals surface area contributed by atoms with E-state index >= 15 is 0 Å². The van der Waals surface area contributed by atoms with Crippen molar-refractivity contribution in [1.82, 2.24) is 25.1 Å². The van der Waals surface area contributed by atoms with E-state index in [4.69, 9.17) is 19.6 Å². The van der Waals surface area contributed by atoms with E-state index in [9.17, 15) is 9.90 Å². The van der Waals surface area contributed by atoms with Crippen LogP contribution >= 0.6 is 0 Å². The SMILES string of the molecule is CC(C)[C@@H](C)[C@@]1(C)CC[C@]2(C)[C@H]3CC[C@@H]4[C@@]5(COC[C@@]4(C)[C@@H](OC[C@H]4CCCN4)[C@H](n4ncnc4-c4ccncc4)C5)C3=CC[C@@]2(C)[C@@H]1C(=O)O.